The summed E-state index contributed by atoms with van der Waals surface area (Å²) in [6.45, 7) is 0.420. The number of nitrogens with one attached hydrogen (secondary N) is 1. The van der Waals surface area contributed by atoms with Crippen molar-refractivity contribution in [1.82, 2.24) is 5.32 Å². The van der Waals surface area contributed by atoms with Crippen molar-refractivity contribution in [3.8, 4) is 17.2 Å². The van der Waals surface area contributed by atoms with Crippen LogP contribution in [0.2, 0.25) is 5.02 Å². The molecule has 0 saturated carbocycles. The van der Waals surface area contributed by atoms with E-state index in [2.05, 4.69) is 5.32 Å². The van der Waals surface area contributed by atoms with E-state index in [0.29, 0.717) is 40.8 Å². The molecule has 0 fully saturated rings. The molecule has 128 valence electrons. The molecule has 0 saturated heterocycles. The highest BCUT2D eigenvalue weighted by molar-refractivity contribution is 6.33. The number of carbonyl (C=O) groups is 1. The molecule has 1 N–H and O–H groups in total. The third kappa shape index (κ3) is 4.11. The van der Waals surface area contributed by atoms with E-state index in [0.717, 1.165) is 5.56 Å². The van der Waals surface area contributed by atoms with E-state index in [4.69, 9.17) is 25.8 Å². The summed E-state index contributed by atoms with van der Waals surface area (Å²) in [5.74, 6) is 1.73. The van der Waals surface area contributed by atoms with Gasteiger partial charge in [0.15, 0.2) is 0 Å². The number of amides is 1. The van der Waals surface area contributed by atoms with Crippen molar-refractivity contribution in [2.75, 3.05) is 27.9 Å². The van der Waals surface area contributed by atoms with E-state index in [1.54, 1.807) is 57.7 Å². The molecular weight excluding hydrogens is 330 g/mol. The number of hydrogen-bond acceptors (Lipinski definition) is 4. The fourth-order valence-electron chi connectivity index (χ4n) is 2.37. The lowest BCUT2D eigenvalue weighted by molar-refractivity contribution is 0.0954. The van der Waals surface area contributed by atoms with Crippen LogP contribution < -0.4 is 19.5 Å². The van der Waals surface area contributed by atoms with Gasteiger partial charge in [0.1, 0.15) is 17.2 Å². The van der Waals surface area contributed by atoms with E-state index in [9.17, 15) is 4.79 Å². The van der Waals surface area contributed by atoms with Gasteiger partial charge in [0, 0.05) is 24.2 Å². The summed E-state index contributed by atoms with van der Waals surface area (Å²) in [5.41, 5.74) is 1.31. The van der Waals surface area contributed by atoms with Gasteiger partial charge in [-0.15, -0.1) is 0 Å². The van der Waals surface area contributed by atoms with Crippen LogP contribution in [0.5, 0.6) is 17.2 Å². The third-order valence-electron chi connectivity index (χ3n) is 3.60. The first-order valence-corrected chi connectivity index (χ1v) is 7.80. The largest absolute Gasteiger partial charge is 0.496 e. The highest BCUT2D eigenvalue weighted by Crippen LogP contribution is 2.34. The maximum atomic E-state index is 12.2. The Labute approximate surface area is 146 Å². The Kier molecular flexibility index (Phi) is 6.32. The molecule has 0 aliphatic carbocycles. The lowest BCUT2D eigenvalue weighted by Gasteiger charge is -2.15. The quantitative estimate of drug-likeness (QED) is 0.833. The van der Waals surface area contributed by atoms with Gasteiger partial charge in [-0.25, -0.2) is 0 Å². The molecule has 2 rings (SSSR count). The zero-order valence-corrected chi connectivity index (χ0v) is 14.6. The minimum Gasteiger partial charge on any atom is -0.496 e. The smallest absolute Gasteiger partial charge is 0.252 e. The highest BCUT2D eigenvalue weighted by Gasteiger charge is 2.14. The Hall–Kier alpha value is -2.40. The first kappa shape index (κ1) is 17.9. The molecule has 5 nitrogen and oxygen atoms in total. The average Bonchev–Trinajstić information content (AvgIpc) is 2.61. The second-order valence-electron chi connectivity index (χ2n) is 5.00. The normalized spacial score (nSPS) is 10.2. The molecular formula is C18H20ClNO4. The third-order valence-corrected chi connectivity index (χ3v) is 3.93. The molecule has 0 radical (unpaired) electrons. The van der Waals surface area contributed by atoms with Gasteiger partial charge in [0.2, 0.25) is 0 Å². The zero-order valence-electron chi connectivity index (χ0n) is 13.9. The highest BCUT2D eigenvalue weighted by atomic mass is 35.5. The Morgan fingerprint density at radius 2 is 1.67 bits per heavy atom. The standard InChI is InChI=1S/C18H20ClNO4/c1-22-12-10-16(23-2)14(17(11-12)24-3)8-9-20-18(21)13-6-4-5-7-15(13)19/h4-7,10-11H,8-9H2,1-3H3,(H,20,21). The predicted octanol–water partition coefficient (Wildman–Crippen LogP) is 3.34. The van der Waals surface area contributed by atoms with Crippen molar-refractivity contribution in [2.45, 2.75) is 6.42 Å². The van der Waals surface area contributed by atoms with Crippen LogP contribution in [-0.2, 0) is 6.42 Å². The Morgan fingerprint density at radius 3 is 2.21 bits per heavy atom. The molecule has 0 aromatic heterocycles. The van der Waals surface area contributed by atoms with Crippen LogP contribution in [0.4, 0.5) is 0 Å². The van der Waals surface area contributed by atoms with Crippen LogP contribution in [0.3, 0.4) is 0 Å². The van der Waals surface area contributed by atoms with E-state index in [1.165, 1.54) is 0 Å². The van der Waals surface area contributed by atoms with Crippen molar-refractivity contribution in [3.63, 3.8) is 0 Å². The van der Waals surface area contributed by atoms with Crippen LogP contribution in [0.15, 0.2) is 36.4 Å². The lowest BCUT2D eigenvalue weighted by atomic mass is 10.1. The molecule has 1 amide bonds. The van der Waals surface area contributed by atoms with Crippen molar-refractivity contribution in [1.29, 1.82) is 0 Å². The summed E-state index contributed by atoms with van der Waals surface area (Å²) < 4.78 is 16.0. The number of halogens is 1. The number of rotatable bonds is 7. The minimum absolute atomic E-state index is 0.216. The Bertz CT molecular complexity index is 693. The van der Waals surface area contributed by atoms with Gasteiger partial charge < -0.3 is 19.5 Å². The monoisotopic (exact) mass is 349 g/mol. The lowest BCUT2D eigenvalue weighted by Crippen LogP contribution is -2.26. The first-order chi connectivity index (χ1) is 11.6. The summed E-state index contributed by atoms with van der Waals surface area (Å²) in [6, 6.07) is 10.5. The van der Waals surface area contributed by atoms with E-state index >= 15 is 0 Å². The molecule has 6 heteroatoms. The Morgan fingerprint density at radius 1 is 1.04 bits per heavy atom. The van der Waals surface area contributed by atoms with Gasteiger partial charge in [-0.05, 0) is 18.6 Å². The van der Waals surface area contributed by atoms with E-state index in [-0.39, 0.29) is 5.91 Å². The molecule has 0 atom stereocenters. The number of benzene rings is 2. The van der Waals surface area contributed by atoms with Gasteiger partial charge in [-0.2, -0.15) is 0 Å². The summed E-state index contributed by atoms with van der Waals surface area (Å²) in [5, 5.41) is 3.28. The second kappa shape index (κ2) is 8.45. The molecule has 0 heterocycles. The van der Waals surface area contributed by atoms with Crippen molar-refractivity contribution < 1.29 is 19.0 Å². The second-order valence-corrected chi connectivity index (χ2v) is 5.40. The van der Waals surface area contributed by atoms with Gasteiger partial charge in [0.25, 0.3) is 5.91 Å². The molecule has 2 aromatic carbocycles. The van der Waals surface area contributed by atoms with Crippen LogP contribution in [0.1, 0.15) is 15.9 Å². The minimum atomic E-state index is -0.216. The average molecular weight is 350 g/mol. The molecule has 0 unspecified atom stereocenters. The van der Waals surface area contributed by atoms with Gasteiger partial charge >= 0.3 is 0 Å². The summed E-state index contributed by atoms with van der Waals surface area (Å²) >= 11 is 6.03. The number of methoxy groups -OCH3 is 3. The van der Waals surface area contributed by atoms with Gasteiger partial charge in [-0.3, -0.25) is 4.79 Å². The molecule has 0 spiro atoms. The van der Waals surface area contributed by atoms with Crippen molar-refractivity contribution in [3.05, 3.63) is 52.5 Å². The van der Waals surface area contributed by atoms with Crippen LogP contribution in [-0.4, -0.2) is 33.8 Å². The van der Waals surface area contributed by atoms with E-state index in [1.807, 2.05) is 0 Å². The summed E-state index contributed by atoms with van der Waals surface area (Å²) in [6.07, 6.45) is 0.548. The van der Waals surface area contributed by atoms with Crippen LogP contribution in [0.25, 0.3) is 0 Å². The molecule has 2 aromatic rings. The maximum Gasteiger partial charge on any atom is 0.252 e. The van der Waals surface area contributed by atoms with E-state index < -0.39 is 0 Å². The molecule has 0 aliphatic rings. The number of hydrogen-bond donors (Lipinski definition) is 1. The molecule has 0 aliphatic heterocycles. The SMILES string of the molecule is COc1cc(OC)c(CCNC(=O)c2ccccc2Cl)c(OC)c1. The van der Waals surface area contributed by atoms with Crippen molar-refractivity contribution in [2.24, 2.45) is 0 Å². The summed E-state index contributed by atoms with van der Waals surface area (Å²) in [7, 11) is 4.75. The molecule has 24 heavy (non-hydrogen) atoms. The predicted molar refractivity (Wildman–Crippen MR) is 93.6 cm³/mol. The molecule has 0 bridgehead atoms. The van der Waals surface area contributed by atoms with Gasteiger partial charge in [-0.1, -0.05) is 23.7 Å². The number of carbonyl (C=O) groups excluding carboxylic acids is 1. The van der Waals surface area contributed by atoms with Crippen LogP contribution in [0, 0.1) is 0 Å². The fraction of sp³-hybridized carbons (Fsp3) is 0.278. The number of ether oxygens (including phenoxy) is 3. The topological polar surface area (TPSA) is 56.8 Å². The van der Waals surface area contributed by atoms with Gasteiger partial charge in [0.05, 0.1) is 31.9 Å². The van der Waals surface area contributed by atoms with Crippen molar-refractivity contribution >= 4 is 17.5 Å². The fourth-order valence-corrected chi connectivity index (χ4v) is 2.59. The Balaban J connectivity index is 2.09. The van der Waals surface area contributed by atoms with Crippen LogP contribution >= 0.6 is 11.6 Å². The maximum absolute atomic E-state index is 12.2. The zero-order chi connectivity index (χ0) is 17.5. The first-order valence-electron chi connectivity index (χ1n) is 7.42. The summed E-state index contributed by atoms with van der Waals surface area (Å²) in [4.78, 5) is 12.2.